The molecule has 1 aromatic heterocycles. The molecule has 0 radical (unpaired) electrons. The van der Waals surface area contributed by atoms with E-state index in [9.17, 15) is 9.90 Å². The Labute approximate surface area is 136 Å². The molecular formula is C16H12N4O2S. The highest BCUT2D eigenvalue weighted by molar-refractivity contribution is 7.71. The quantitative estimate of drug-likeness (QED) is 0.510. The van der Waals surface area contributed by atoms with Crippen LogP contribution in [0.15, 0.2) is 58.3 Å². The highest BCUT2D eigenvalue weighted by atomic mass is 32.1. The van der Waals surface area contributed by atoms with Crippen molar-refractivity contribution in [2.24, 2.45) is 4.99 Å². The summed E-state index contributed by atoms with van der Waals surface area (Å²) in [6.07, 6.45) is 1.54. The minimum Gasteiger partial charge on any atom is -0.507 e. The third-order valence-corrected chi connectivity index (χ3v) is 3.34. The molecule has 6 nitrogen and oxygen atoms in total. The molecule has 0 spiro atoms. The summed E-state index contributed by atoms with van der Waals surface area (Å²) in [7, 11) is 0. The third-order valence-electron chi connectivity index (χ3n) is 3.15. The molecule has 0 amide bonds. The molecule has 3 aromatic rings. The van der Waals surface area contributed by atoms with Gasteiger partial charge in [0.05, 0.1) is 5.69 Å². The molecule has 0 aliphatic rings. The molecule has 0 fully saturated rings. The number of nitrogens with zero attached hydrogens (tertiary/aromatic N) is 2. The minimum absolute atomic E-state index is 0.133. The molecule has 7 heteroatoms. The van der Waals surface area contributed by atoms with Crippen LogP contribution >= 0.6 is 12.2 Å². The lowest BCUT2D eigenvalue weighted by molar-refractivity contribution is 0.474. The highest BCUT2D eigenvalue weighted by Crippen LogP contribution is 2.26. The maximum atomic E-state index is 12.0. The molecule has 0 aliphatic heterocycles. The van der Waals surface area contributed by atoms with E-state index in [0.29, 0.717) is 16.8 Å². The van der Waals surface area contributed by atoms with Crippen LogP contribution in [0, 0.1) is 4.77 Å². The summed E-state index contributed by atoms with van der Waals surface area (Å²) >= 11 is 4.84. The van der Waals surface area contributed by atoms with E-state index in [1.165, 1.54) is 6.21 Å². The van der Waals surface area contributed by atoms with Gasteiger partial charge in [-0.15, -0.1) is 0 Å². The number of para-hydroxylation sites is 2. The number of rotatable bonds is 3. The van der Waals surface area contributed by atoms with Crippen molar-refractivity contribution in [1.82, 2.24) is 15.2 Å². The second-order valence-corrected chi connectivity index (χ2v) is 5.10. The van der Waals surface area contributed by atoms with E-state index in [0.717, 1.165) is 0 Å². The molecule has 0 bridgehead atoms. The topological polar surface area (TPSA) is 94.1 Å². The van der Waals surface area contributed by atoms with Crippen molar-refractivity contribution in [3.63, 3.8) is 0 Å². The fraction of sp³-hybridized carbons (Fsp3) is 0. The number of aromatic hydroxyl groups is 1. The van der Waals surface area contributed by atoms with Crippen LogP contribution in [0.5, 0.6) is 5.75 Å². The summed E-state index contributed by atoms with van der Waals surface area (Å²) < 4.78 is 0.161. The van der Waals surface area contributed by atoms with Crippen LogP contribution in [-0.4, -0.2) is 26.5 Å². The number of aliphatic imine (C=N–C) groups is 1. The first kappa shape index (κ1) is 14.9. The lowest BCUT2D eigenvalue weighted by Gasteiger charge is -2.04. The number of hydrogen-bond acceptors (Lipinski definition) is 5. The maximum Gasteiger partial charge on any atom is 0.278 e. The number of phenols is 1. The van der Waals surface area contributed by atoms with Gasteiger partial charge in [0, 0.05) is 17.3 Å². The van der Waals surface area contributed by atoms with E-state index >= 15 is 0 Å². The Morgan fingerprint density at radius 2 is 1.87 bits per heavy atom. The number of benzene rings is 2. The molecule has 0 atom stereocenters. The van der Waals surface area contributed by atoms with Gasteiger partial charge in [-0.25, -0.2) is 0 Å². The molecule has 3 N–H and O–H groups in total. The monoisotopic (exact) mass is 324 g/mol. The predicted molar refractivity (Wildman–Crippen MR) is 90.8 cm³/mol. The lowest BCUT2D eigenvalue weighted by atomic mass is 10.1. The molecule has 2 aromatic carbocycles. The Morgan fingerprint density at radius 1 is 1.13 bits per heavy atom. The maximum absolute atomic E-state index is 12.0. The fourth-order valence-electron chi connectivity index (χ4n) is 2.05. The molecule has 0 saturated carbocycles. The van der Waals surface area contributed by atoms with Gasteiger partial charge >= 0.3 is 0 Å². The zero-order valence-corrected chi connectivity index (χ0v) is 12.7. The average molecular weight is 324 g/mol. The van der Waals surface area contributed by atoms with Gasteiger partial charge in [-0.2, -0.15) is 5.10 Å². The van der Waals surface area contributed by atoms with Crippen molar-refractivity contribution in [3.05, 3.63) is 69.2 Å². The zero-order chi connectivity index (χ0) is 16.2. The largest absolute Gasteiger partial charge is 0.507 e. The fourth-order valence-corrected chi connectivity index (χ4v) is 2.19. The van der Waals surface area contributed by atoms with Gasteiger partial charge in [0.1, 0.15) is 5.75 Å². The normalized spacial score (nSPS) is 11.0. The first-order valence-electron chi connectivity index (χ1n) is 6.75. The summed E-state index contributed by atoms with van der Waals surface area (Å²) in [6, 6.07) is 14.0. The number of aromatic amines is 2. The molecule has 1 heterocycles. The van der Waals surface area contributed by atoms with Crippen LogP contribution in [0.4, 0.5) is 5.69 Å². The summed E-state index contributed by atoms with van der Waals surface area (Å²) in [5.74, 6) is 0.133. The van der Waals surface area contributed by atoms with Crippen LogP contribution in [0.1, 0.15) is 5.56 Å². The van der Waals surface area contributed by atoms with Crippen molar-refractivity contribution in [1.29, 1.82) is 0 Å². The van der Waals surface area contributed by atoms with Crippen molar-refractivity contribution in [2.75, 3.05) is 0 Å². The van der Waals surface area contributed by atoms with Gasteiger partial charge in [-0.05, 0) is 30.4 Å². The molecule has 0 unspecified atom stereocenters. The van der Waals surface area contributed by atoms with E-state index in [-0.39, 0.29) is 21.8 Å². The van der Waals surface area contributed by atoms with Gasteiger partial charge < -0.3 is 5.11 Å². The van der Waals surface area contributed by atoms with Crippen LogP contribution in [0.2, 0.25) is 0 Å². The summed E-state index contributed by atoms with van der Waals surface area (Å²) in [6.45, 7) is 0. The van der Waals surface area contributed by atoms with E-state index in [2.05, 4.69) is 20.2 Å². The third kappa shape index (κ3) is 3.24. The van der Waals surface area contributed by atoms with E-state index < -0.39 is 0 Å². The van der Waals surface area contributed by atoms with Gasteiger partial charge in [0.2, 0.25) is 0 Å². The summed E-state index contributed by atoms with van der Waals surface area (Å²) in [5, 5.41) is 16.3. The van der Waals surface area contributed by atoms with Crippen LogP contribution in [0.25, 0.3) is 11.3 Å². The molecular weight excluding hydrogens is 312 g/mol. The summed E-state index contributed by atoms with van der Waals surface area (Å²) in [5.41, 5.74) is 1.50. The van der Waals surface area contributed by atoms with E-state index in [4.69, 9.17) is 12.2 Å². The van der Waals surface area contributed by atoms with Crippen molar-refractivity contribution in [3.8, 4) is 17.0 Å². The first-order valence-corrected chi connectivity index (χ1v) is 7.16. The van der Waals surface area contributed by atoms with Crippen LogP contribution in [0.3, 0.4) is 0 Å². The number of hydrogen-bond donors (Lipinski definition) is 3. The predicted octanol–water partition coefficient (Wildman–Crippen LogP) is 2.95. The lowest BCUT2D eigenvalue weighted by Crippen LogP contribution is -2.12. The average Bonchev–Trinajstić information content (AvgIpc) is 2.55. The number of phenolic OH excluding ortho intramolecular Hbond substituents is 1. The molecule has 114 valence electrons. The van der Waals surface area contributed by atoms with E-state index in [1.54, 1.807) is 48.5 Å². The smallest absolute Gasteiger partial charge is 0.278 e. The second-order valence-electron chi connectivity index (χ2n) is 4.69. The Hall–Kier alpha value is -3.06. The minimum atomic E-state index is -0.390. The van der Waals surface area contributed by atoms with Gasteiger partial charge in [0.15, 0.2) is 10.5 Å². The second kappa shape index (κ2) is 6.37. The van der Waals surface area contributed by atoms with Gasteiger partial charge in [-0.3, -0.25) is 19.9 Å². The van der Waals surface area contributed by atoms with Crippen LogP contribution in [-0.2, 0) is 0 Å². The molecule has 0 saturated heterocycles. The van der Waals surface area contributed by atoms with Gasteiger partial charge in [0.25, 0.3) is 5.56 Å². The molecule has 0 aliphatic carbocycles. The first-order chi connectivity index (χ1) is 11.1. The standard InChI is InChI=1S/C16H12N4O2S/c21-13-8-4-1-5-10(13)9-17-12-7-3-2-6-11(12)14-15(22)18-16(23)20-19-14/h1-9,21H,(H2,18,20,22,23). The Balaban J connectivity index is 2.07. The van der Waals surface area contributed by atoms with Crippen molar-refractivity contribution >= 4 is 24.1 Å². The van der Waals surface area contributed by atoms with E-state index in [1.807, 2.05) is 0 Å². The highest BCUT2D eigenvalue weighted by Gasteiger charge is 2.09. The van der Waals surface area contributed by atoms with Crippen molar-refractivity contribution < 1.29 is 5.11 Å². The Morgan fingerprint density at radius 3 is 2.65 bits per heavy atom. The Kier molecular flexibility index (Phi) is 4.11. The van der Waals surface area contributed by atoms with Gasteiger partial charge in [-0.1, -0.05) is 30.3 Å². The molecule has 23 heavy (non-hydrogen) atoms. The number of nitrogens with one attached hydrogen (secondary N) is 2. The van der Waals surface area contributed by atoms with Crippen LogP contribution < -0.4 is 5.56 Å². The molecule has 3 rings (SSSR count). The zero-order valence-electron chi connectivity index (χ0n) is 11.9. The SMILES string of the molecule is O=c1[nH]c(=S)[nH]nc1-c1ccccc1N=Cc1ccccc1O. The Bertz CT molecular complexity index is 991. The number of H-pyrrole nitrogens is 2. The number of aromatic nitrogens is 3. The summed E-state index contributed by atoms with van der Waals surface area (Å²) in [4.78, 5) is 18.9. The van der Waals surface area contributed by atoms with Crippen molar-refractivity contribution in [2.45, 2.75) is 0 Å².